The maximum atomic E-state index is 12.5. The number of carbonyl (C=O) groups excluding carboxylic acids is 1. The molecule has 1 aromatic heterocycles. The molecule has 0 aliphatic rings. The first-order chi connectivity index (χ1) is 13.9. The van der Waals surface area contributed by atoms with Crippen molar-refractivity contribution in [2.45, 2.75) is 33.8 Å². The fourth-order valence-corrected chi connectivity index (χ4v) is 2.93. The van der Waals surface area contributed by atoms with Crippen LogP contribution in [0.1, 0.15) is 25.0 Å². The van der Waals surface area contributed by atoms with Gasteiger partial charge in [-0.05, 0) is 69.2 Å². The molecule has 0 saturated carbocycles. The predicted molar refractivity (Wildman–Crippen MR) is 113 cm³/mol. The number of anilines is 1. The highest BCUT2D eigenvalue weighted by Crippen LogP contribution is 2.21. The second-order valence-electron chi connectivity index (χ2n) is 6.84. The van der Waals surface area contributed by atoms with Gasteiger partial charge in [0.1, 0.15) is 5.75 Å². The number of nitrogens with one attached hydrogen (secondary N) is 1. The Morgan fingerprint density at radius 1 is 1.00 bits per heavy atom. The quantitative estimate of drug-likeness (QED) is 0.639. The van der Waals surface area contributed by atoms with Crippen molar-refractivity contribution in [1.82, 2.24) is 10.2 Å². The Balaban J connectivity index is 1.61. The normalized spacial score (nSPS) is 11.6. The van der Waals surface area contributed by atoms with Crippen LogP contribution < -0.4 is 14.8 Å². The van der Waals surface area contributed by atoms with Gasteiger partial charge in [0.2, 0.25) is 5.88 Å². The first-order valence-electron chi connectivity index (χ1n) is 9.57. The minimum Gasteiger partial charge on any atom is -0.481 e. The molecule has 1 atom stereocenters. The van der Waals surface area contributed by atoms with E-state index in [1.165, 1.54) is 0 Å². The van der Waals surface area contributed by atoms with Crippen LogP contribution in [0.2, 0.25) is 0 Å². The van der Waals surface area contributed by atoms with Crippen molar-refractivity contribution in [3.8, 4) is 22.9 Å². The van der Waals surface area contributed by atoms with Crippen molar-refractivity contribution in [2.24, 2.45) is 0 Å². The van der Waals surface area contributed by atoms with E-state index in [2.05, 4.69) is 21.6 Å². The molecule has 3 aromatic rings. The number of carbonyl (C=O) groups is 1. The molecule has 1 heterocycles. The topological polar surface area (TPSA) is 73.3 Å². The molecule has 29 heavy (non-hydrogen) atoms. The number of aryl methyl sites for hydroxylation is 2. The molecule has 1 amide bonds. The molecule has 3 rings (SSSR count). The maximum absolute atomic E-state index is 12.5. The van der Waals surface area contributed by atoms with Crippen LogP contribution in [0, 0.1) is 13.8 Å². The molecule has 1 N–H and O–H groups in total. The number of benzene rings is 2. The number of amides is 1. The monoisotopic (exact) mass is 391 g/mol. The Morgan fingerprint density at radius 2 is 1.69 bits per heavy atom. The van der Waals surface area contributed by atoms with Crippen LogP contribution in [0.5, 0.6) is 11.6 Å². The van der Waals surface area contributed by atoms with Crippen LogP contribution in [0.15, 0.2) is 54.6 Å². The Morgan fingerprint density at radius 3 is 2.28 bits per heavy atom. The minimum absolute atomic E-state index is 0.210. The second-order valence-corrected chi connectivity index (χ2v) is 6.84. The fraction of sp³-hybridized carbons (Fsp3) is 0.261. The third-order valence-corrected chi connectivity index (χ3v) is 4.26. The molecule has 0 fully saturated rings. The molecule has 2 aromatic carbocycles. The Labute approximate surface area is 170 Å². The molecular weight excluding hydrogens is 366 g/mol. The van der Waals surface area contributed by atoms with E-state index in [1.807, 2.05) is 63.2 Å². The molecule has 0 aliphatic carbocycles. The van der Waals surface area contributed by atoms with Gasteiger partial charge >= 0.3 is 0 Å². The van der Waals surface area contributed by atoms with E-state index >= 15 is 0 Å². The van der Waals surface area contributed by atoms with E-state index in [1.54, 1.807) is 13.0 Å². The van der Waals surface area contributed by atoms with Crippen LogP contribution in [-0.2, 0) is 4.79 Å². The number of hydrogen-bond donors (Lipinski definition) is 1. The highest BCUT2D eigenvalue weighted by Gasteiger charge is 2.15. The van der Waals surface area contributed by atoms with Gasteiger partial charge in [-0.25, -0.2) is 0 Å². The summed E-state index contributed by atoms with van der Waals surface area (Å²) >= 11 is 0. The number of hydrogen-bond acceptors (Lipinski definition) is 5. The van der Waals surface area contributed by atoms with Gasteiger partial charge in [0.05, 0.1) is 12.3 Å². The number of ether oxygens (including phenoxy) is 2. The van der Waals surface area contributed by atoms with Gasteiger partial charge in [0, 0.05) is 17.3 Å². The van der Waals surface area contributed by atoms with E-state index in [9.17, 15) is 4.79 Å². The molecule has 0 aliphatic heterocycles. The minimum atomic E-state index is -0.618. The van der Waals surface area contributed by atoms with Crippen molar-refractivity contribution in [1.29, 1.82) is 0 Å². The average molecular weight is 391 g/mol. The lowest BCUT2D eigenvalue weighted by Crippen LogP contribution is -2.30. The summed E-state index contributed by atoms with van der Waals surface area (Å²) in [6.07, 6.45) is -0.618. The van der Waals surface area contributed by atoms with Crippen LogP contribution in [0.25, 0.3) is 11.3 Å². The molecular formula is C23H25N3O3. The molecule has 150 valence electrons. The zero-order valence-corrected chi connectivity index (χ0v) is 17.1. The fourth-order valence-electron chi connectivity index (χ4n) is 2.93. The summed E-state index contributed by atoms with van der Waals surface area (Å²) in [4.78, 5) is 12.5. The van der Waals surface area contributed by atoms with Crippen LogP contribution in [0.4, 0.5) is 5.69 Å². The van der Waals surface area contributed by atoms with Crippen molar-refractivity contribution in [2.75, 3.05) is 11.9 Å². The van der Waals surface area contributed by atoms with E-state index in [0.717, 1.165) is 22.4 Å². The standard InChI is InChI=1S/C23H25N3O3/c1-5-28-22-11-10-21(25-26-22)18-6-8-19(9-7-18)24-23(27)17(4)29-20-13-15(2)12-16(3)14-20/h6-14,17H,5H2,1-4H3,(H,24,27). The highest BCUT2D eigenvalue weighted by molar-refractivity contribution is 5.94. The third kappa shape index (κ3) is 5.54. The first-order valence-corrected chi connectivity index (χ1v) is 9.57. The molecule has 0 bridgehead atoms. The molecule has 0 radical (unpaired) electrons. The molecule has 0 spiro atoms. The predicted octanol–water partition coefficient (Wildman–Crippen LogP) is 4.57. The zero-order valence-electron chi connectivity index (χ0n) is 17.1. The summed E-state index contributed by atoms with van der Waals surface area (Å²) in [6, 6.07) is 17.0. The smallest absolute Gasteiger partial charge is 0.265 e. The van der Waals surface area contributed by atoms with Crippen molar-refractivity contribution in [3.63, 3.8) is 0 Å². The van der Waals surface area contributed by atoms with Crippen molar-refractivity contribution >= 4 is 11.6 Å². The van der Waals surface area contributed by atoms with E-state index < -0.39 is 6.10 Å². The maximum Gasteiger partial charge on any atom is 0.265 e. The number of nitrogens with zero attached hydrogens (tertiary/aromatic N) is 2. The Kier molecular flexibility index (Phi) is 6.44. The van der Waals surface area contributed by atoms with Gasteiger partial charge in [-0.3, -0.25) is 4.79 Å². The second kappa shape index (κ2) is 9.19. The molecule has 0 saturated heterocycles. The Bertz CT molecular complexity index is 949. The van der Waals surface area contributed by atoms with Crippen LogP contribution >= 0.6 is 0 Å². The highest BCUT2D eigenvalue weighted by atomic mass is 16.5. The molecule has 6 nitrogen and oxygen atoms in total. The summed E-state index contributed by atoms with van der Waals surface area (Å²) in [6.45, 7) is 8.18. The largest absolute Gasteiger partial charge is 0.481 e. The lowest BCUT2D eigenvalue weighted by molar-refractivity contribution is -0.122. The summed E-state index contributed by atoms with van der Waals surface area (Å²) in [5.41, 5.74) is 4.52. The van der Waals surface area contributed by atoms with Gasteiger partial charge in [-0.1, -0.05) is 18.2 Å². The first kappa shape index (κ1) is 20.3. The SMILES string of the molecule is CCOc1ccc(-c2ccc(NC(=O)C(C)Oc3cc(C)cc(C)c3)cc2)nn1. The number of aromatic nitrogens is 2. The van der Waals surface area contributed by atoms with Gasteiger partial charge in [0.15, 0.2) is 6.10 Å². The molecule has 1 unspecified atom stereocenters. The van der Waals surface area contributed by atoms with Crippen LogP contribution in [-0.4, -0.2) is 28.8 Å². The van der Waals surface area contributed by atoms with Gasteiger partial charge in [0.25, 0.3) is 5.91 Å². The van der Waals surface area contributed by atoms with Gasteiger partial charge in [-0.2, -0.15) is 0 Å². The lowest BCUT2D eigenvalue weighted by atomic mass is 10.1. The molecule has 6 heteroatoms. The van der Waals surface area contributed by atoms with Crippen LogP contribution in [0.3, 0.4) is 0 Å². The van der Waals surface area contributed by atoms with Crippen molar-refractivity contribution in [3.05, 3.63) is 65.7 Å². The van der Waals surface area contributed by atoms with E-state index in [0.29, 0.717) is 23.9 Å². The lowest BCUT2D eigenvalue weighted by Gasteiger charge is -2.16. The summed E-state index contributed by atoms with van der Waals surface area (Å²) in [7, 11) is 0. The van der Waals surface area contributed by atoms with Gasteiger partial charge < -0.3 is 14.8 Å². The summed E-state index contributed by atoms with van der Waals surface area (Å²) in [5, 5.41) is 11.1. The van der Waals surface area contributed by atoms with Crippen molar-refractivity contribution < 1.29 is 14.3 Å². The zero-order chi connectivity index (χ0) is 20.8. The summed E-state index contributed by atoms with van der Waals surface area (Å²) < 4.78 is 11.1. The Hall–Kier alpha value is -3.41. The van der Waals surface area contributed by atoms with E-state index in [-0.39, 0.29) is 5.91 Å². The van der Waals surface area contributed by atoms with E-state index in [4.69, 9.17) is 9.47 Å². The third-order valence-electron chi connectivity index (χ3n) is 4.26. The number of rotatable bonds is 7. The average Bonchev–Trinajstić information content (AvgIpc) is 2.68. The summed E-state index contributed by atoms with van der Waals surface area (Å²) in [5.74, 6) is 0.977. The van der Waals surface area contributed by atoms with Gasteiger partial charge in [-0.15, -0.1) is 10.2 Å².